The largest absolute Gasteiger partial charge is 0.472 e. The maximum atomic E-state index is 14.9. The van der Waals surface area contributed by atoms with Crippen LogP contribution < -0.4 is 9.64 Å². The van der Waals surface area contributed by atoms with Crippen molar-refractivity contribution in [1.82, 2.24) is 14.8 Å². The van der Waals surface area contributed by atoms with E-state index in [9.17, 15) is 27.2 Å². The van der Waals surface area contributed by atoms with Crippen LogP contribution >= 0.6 is 11.6 Å². The Morgan fingerprint density at radius 2 is 1.72 bits per heavy atom. The van der Waals surface area contributed by atoms with E-state index in [0.717, 1.165) is 15.6 Å². The molecule has 2 aromatic heterocycles. The molecule has 0 unspecified atom stereocenters. The summed E-state index contributed by atoms with van der Waals surface area (Å²) in [6.07, 6.45) is -4.92. The van der Waals surface area contributed by atoms with Crippen LogP contribution in [0.4, 0.5) is 23.2 Å². The van der Waals surface area contributed by atoms with Gasteiger partial charge in [0.1, 0.15) is 28.6 Å². The maximum absolute atomic E-state index is 14.9. The predicted molar refractivity (Wildman–Crippen MR) is 161 cm³/mol. The molecule has 2 heterocycles. The van der Waals surface area contributed by atoms with Crippen LogP contribution in [0.1, 0.15) is 58.6 Å². The fraction of sp³-hybridized carbons (Fsp3) is 0.250. The Hall–Kier alpha value is -4.91. The quantitative estimate of drug-likeness (QED) is 0.129. The molecule has 0 aliphatic heterocycles. The molecule has 0 spiro atoms. The van der Waals surface area contributed by atoms with E-state index >= 15 is 0 Å². The topological polar surface area (TPSA) is 99.7 Å². The number of rotatable bonds is 7. The predicted octanol–water partition coefficient (Wildman–Crippen LogP) is 7.94. The molecule has 5 aromatic rings. The number of esters is 1. The lowest BCUT2D eigenvalue weighted by atomic mass is 10.1. The van der Waals surface area contributed by atoms with Crippen LogP contribution in [-0.2, 0) is 17.5 Å². The van der Waals surface area contributed by atoms with Gasteiger partial charge in [-0.25, -0.2) is 14.2 Å². The minimum atomic E-state index is -4.92. The molecular formula is C32H27ClF4N4O5. The Kier molecular flexibility index (Phi) is 8.56. The summed E-state index contributed by atoms with van der Waals surface area (Å²) in [5.41, 5.74) is -0.801. The molecule has 0 bridgehead atoms. The highest BCUT2D eigenvalue weighted by atomic mass is 35.5. The number of fused-ring (bicyclic) bond motifs is 1. The first-order valence-corrected chi connectivity index (χ1v) is 14.2. The van der Waals surface area contributed by atoms with Crippen molar-refractivity contribution in [2.75, 3.05) is 11.9 Å². The molecule has 0 saturated carbocycles. The molecule has 0 aliphatic rings. The summed E-state index contributed by atoms with van der Waals surface area (Å²) < 4.78 is 73.8. The van der Waals surface area contributed by atoms with Crippen molar-refractivity contribution < 1.29 is 41.0 Å². The third-order valence-electron chi connectivity index (χ3n) is 6.59. The van der Waals surface area contributed by atoms with Crippen LogP contribution in [0.5, 0.6) is 5.88 Å². The summed E-state index contributed by atoms with van der Waals surface area (Å²) >= 11 is 6.14. The highest BCUT2D eigenvalue weighted by molar-refractivity contribution is 6.32. The second-order valence-corrected chi connectivity index (χ2v) is 11.7. The van der Waals surface area contributed by atoms with E-state index in [1.54, 1.807) is 39.8 Å². The molecule has 0 atom stereocenters. The van der Waals surface area contributed by atoms with Crippen LogP contribution in [0, 0.1) is 12.7 Å². The first kappa shape index (κ1) is 32.5. The molecule has 0 aliphatic carbocycles. The average Bonchev–Trinajstić information content (AvgIpc) is 3.52. The number of aryl methyl sites for hydroxylation is 1. The number of anilines is 1. The van der Waals surface area contributed by atoms with Crippen LogP contribution in [0.15, 0.2) is 65.1 Å². The van der Waals surface area contributed by atoms with Crippen LogP contribution in [-0.4, -0.2) is 39.3 Å². The lowest BCUT2D eigenvalue weighted by molar-refractivity contribution is -0.141. The lowest BCUT2D eigenvalue weighted by Crippen LogP contribution is -2.27. The third kappa shape index (κ3) is 6.84. The molecule has 46 heavy (non-hydrogen) atoms. The van der Waals surface area contributed by atoms with Crippen molar-refractivity contribution in [2.24, 2.45) is 0 Å². The normalized spacial score (nSPS) is 12.0. The van der Waals surface area contributed by atoms with E-state index in [2.05, 4.69) is 10.1 Å². The number of benzene rings is 3. The molecule has 14 heteroatoms. The Bertz CT molecular complexity index is 1950. The van der Waals surface area contributed by atoms with Crippen molar-refractivity contribution in [2.45, 2.75) is 46.1 Å². The van der Waals surface area contributed by atoms with Crippen molar-refractivity contribution in [3.05, 3.63) is 99.8 Å². The van der Waals surface area contributed by atoms with Crippen LogP contribution in [0.25, 0.3) is 16.8 Å². The van der Waals surface area contributed by atoms with Crippen molar-refractivity contribution in [3.8, 4) is 11.6 Å². The SMILES string of the molecule is Cc1nc2cc(F)c(N(C)C(=O)c3cccc(-n4nc(C(F)(F)F)c(Cl)c4OCc4ccc(C(=O)OC(C)(C)C)cc4)c3)cc2o1. The van der Waals surface area contributed by atoms with E-state index in [4.69, 9.17) is 25.5 Å². The van der Waals surface area contributed by atoms with Gasteiger partial charge in [0, 0.05) is 31.7 Å². The smallest absolute Gasteiger partial charge is 0.436 e. The second kappa shape index (κ2) is 12.1. The third-order valence-corrected chi connectivity index (χ3v) is 6.93. The van der Waals surface area contributed by atoms with E-state index in [0.29, 0.717) is 11.5 Å². The number of halogens is 5. The monoisotopic (exact) mass is 658 g/mol. The number of oxazole rings is 1. The average molecular weight is 659 g/mol. The van der Waals surface area contributed by atoms with Gasteiger partial charge in [0.25, 0.3) is 5.91 Å². The maximum Gasteiger partial charge on any atom is 0.436 e. The molecule has 9 nitrogen and oxygen atoms in total. The zero-order chi connectivity index (χ0) is 33.6. The van der Waals surface area contributed by atoms with Gasteiger partial charge in [-0.1, -0.05) is 29.8 Å². The van der Waals surface area contributed by atoms with E-state index in [-0.39, 0.29) is 40.2 Å². The fourth-order valence-corrected chi connectivity index (χ4v) is 4.75. The molecule has 240 valence electrons. The van der Waals surface area contributed by atoms with E-state index in [1.807, 2.05) is 0 Å². The van der Waals surface area contributed by atoms with Gasteiger partial charge in [-0.05, 0) is 56.7 Å². The standard InChI is InChI=1S/C32H27ClF4N4O5/c1-17-38-23-14-22(34)24(15-25(23)45-17)40(5)28(42)20-7-6-8-21(13-20)41-29(26(33)27(39-41)32(35,36)37)44-16-18-9-11-19(12-10-18)30(43)46-31(2,3)4/h6-15H,16H2,1-5H3. The van der Waals surface area contributed by atoms with Crippen molar-refractivity contribution in [1.29, 1.82) is 0 Å². The zero-order valence-corrected chi connectivity index (χ0v) is 26.0. The van der Waals surface area contributed by atoms with Crippen LogP contribution in [0.3, 0.4) is 0 Å². The van der Waals surface area contributed by atoms with Gasteiger partial charge in [-0.3, -0.25) is 4.79 Å². The molecule has 0 fully saturated rings. The minimum absolute atomic E-state index is 0.0112. The van der Waals surface area contributed by atoms with E-state index in [1.165, 1.54) is 49.5 Å². The summed E-state index contributed by atoms with van der Waals surface area (Å²) in [4.78, 5) is 30.9. The van der Waals surface area contributed by atoms with Gasteiger partial charge in [0.05, 0.1) is 16.9 Å². The van der Waals surface area contributed by atoms with E-state index < -0.39 is 46.1 Å². The highest BCUT2D eigenvalue weighted by Crippen LogP contribution is 2.40. The Labute approximate surface area is 265 Å². The number of carbonyl (C=O) groups is 2. The fourth-order valence-electron chi connectivity index (χ4n) is 4.47. The molecule has 0 radical (unpaired) electrons. The number of nitrogens with zero attached hydrogens (tertiary/aromatic N) is 4. The number of hydrogen-bond acceptors (Lipinski definition) is 7. The van der Waals surface area contributed by atoms with Gasteiger partial charge in [0.2, 0.25) is 5.88 Å². The summed E-state index contributed by atoms with van der Waals surface area (Å²) in [5.74, 6) is -2.04. The second-order valence-electron chi connectivity index (χ2n) is 11.3. The Balaban J connectivity index is 1.43. The molecular weight excluding hydrogens is 632 g/mol. The number of hydrogen-bond donors (Lipinski definition) is 0. The van der Waals surface area contributed by atoms with Gasteiger partial charge >= 0.3 is 12.1 Å². The van der Waals surface area contributed by atoms with Gasteiger partial charge in [-0.2, -0.15) is 23.0 Å². The number of amides is 1. The highest BCUT2D eigenvalue weighted by Gasteiger charge is 2.40. The molecule has 0 N–H and O–H groups in total. The van der Waals surface area contributed by atoms with Gasteiger partial charge in [-0.15, -0.1) is 0 Å². The van der Waals surface area contributed by atoms with Gasteiger partial charge < -0.3 is 18.8 Å². The van der Waals surface area contributed by atoms with Crippen LogP contribution in [0.2, 0.25) is 5.02 Å². The summed E-state index contributed by atoms with van der Waals surface area (Å²) in [5, 5.41) is 2.87. The number of alkyl halides is 3. The number of ether oxygens (including phenoxy) is 2. The zero-order valence-electron chi connectivity index (χ0n) is 25.2. The Morgan fingerprint density at radius 1 is 1.02 bits per heavy atom. The first-order valence-electron chi connectivity index (χ1n) is 13.8. The van der Waals surface area contributed by atoms with Gasteiger partial charge in [0.15, 0.2) is 17.2 Å². The summed E-state index contributed by atoms with van der Waals surface area (Å²) in [7, 11) is 1.34. The number of carbonyl (C=O) groups excluding carboxylic acids is 2. The molecule has 1 amide bonds. The summed E-state index contributed by atoms with van der Waals surface area (Å²) in [6.45, 7) is 6.57. The minimum Gasteiger partial charge on any atom is -0.472 e. The first-order chi connectivity index (χ1) is 21.5. The summed E-state index contributed by atoms with van der Waals surface area (Å²) in [6, 6.07) is 14.1. The van der Waals surface area contributed by atoms with Crippen molar-refractivity contribution >= 4 is 40.3 Å². The molecule has 3 aromatic carbocycles. The lowest BCUT2D eigenvalue weighted by Gasteiger charge is -2.19. The molecule has 0 saturated heterocycles. The molecule has 5 rings (SSSR count). The van der Waals surface area contributed by atoms with Crippen molar-refractivity contribution in [3.63, 3.8) is 0 Å². The number of aromatic nitrogens is 3. The Morgan fingerprint density at radius 3 is 2.37 bits per heavy atom.